The third-order valence-corrected chi connectivity index (χ3v) is 3.46. The Bertz CT molecular complexity index is 436. The lowest BCUT2D eigenvalue weighted by Gasteiger charge is -2.04. The molecule has 0 aliphatic heterocycles. The van der Waals surface area contributed by atoms with E-state index in [0.717, 1.165) is 25.0 Å². The average molecular weight is 368 g/mol. The molecule has 0 saturated heterocycles. The number of nitrogens with one attached hydrogen (secondary N) is 2. The van der Waals surface area contributed by atoms with Crippen LogP contribution in [0.1, 0.15) is 51.4 Å². The van der Waals surface area contributed by atoms with Crippen molar-refractivity contribution in [2.45, 2.75) is 51.4 Å². The van der Waals surface area contributed by atoms with Gasteiger partial charge < -0.3 is 31.8 Å². The Morgan fingerprint density at radius 3 is 1.38 bits per heavy atom. The van der Waals surface area contributed by atoms with E-state index in [1.165, 1.54) is 0 Å². The highest BCUT2D eigenvalue weighted by Crippen LogP contribution is 2.01. The van der Waals surface area contributed by atoms with Crippen LogP contribution < -0.4 is 11.5 Å². The minimum Gasteiger partial charge on any atom is -0.463 e. The molecule has 148 valence electrons. The van der Waals surface area contributed by atoms with Crippen LogP contribution in [0.5, 0.6) is 0 Å². The lowest BCUT2D eigenvalue weighted by Crippen LogP contribution is -2.09. The molecule has 0 bridgehead atoms. The van der Waals surface area contributed by atoms with Gasteiger partial charge in [-0.2, -0.15) is 0 Å². The number of rotatable bonds is 16. The summed E-state index contributed by atoms with van der Waals surface area (Å²) in [5, 5.41) is 15.3. The molecule has 0 aliphatic rings. The topological polar surface area (TPSA) is 152 Å². The second-order valence-corrected chi connectivity index (χ2v) is 5.87. The molecule has 8 heteroatoms. The molecule has 0 amide bonds. The lowest BCUT2D eigenvalue weighted by molar-refractivity contribution is -0.140. The van der Waals surface area contributed by atoms with E-state index in [9.17, 15) is 9.59 Å². The summed E-state index contributed by atoms with van der Waals surface area (Å²) in [5.74, 6) is -1.22. The zero-order valence-electron chi connectivity index (χ0n) is 15.4. The predicted octanol–water partition coefficient (Wildman–Crippen LogP) is 1.71. The van der Waals surface area contributed by atoms with Gasteiger partial charge in [0.1, 0.15) is 0 Å². The van der Waals surface area contributed by atoms with Gasteiger partial charge in [0.05, 0.1) is 13.2 Å². The van der Waals surface area contributed by atoms with Crippen molar-refractivity contribution in [3.8, 4) is 0 Å². The molecule has 0 unspecified atom stereocenters. The molecule has 26 heavy (non-hydrogen) atoms. The van der Waals surface area contributed by atoms with Crippen LogP contribution in [0.4, 0.5) is 0 Å². The smallest absolute Gasteiger partial charge is 0.331 e. The fraction of sp³-hybridized carbons (Fsp3) is 0.667. The van der Waals surface area contributed by atoms with Gasteiger partial charge in [-0.1, -0.05) is 0 Å². The van der Waals surface area contributed by atoms with Gasteiger partial charge in [-0.05, 0) is 64.5 Å². The van der Waals surface area contributed by atoms with Crippen LogP contribution in [0.25, 0.3) is 0 Å². The molecule has 0 fully saturated rings. The van der Waals surface area contributed by atoms with E-state index in [2.05, 4.69) is 0 Å². The third-order valence-electron chi connectivity index (χ3n) is 3.46. The second kappa shape index (κ2) is 16.4. The molecule has 0 aromatic rings. The van der Waals surface area contributed by atoms with Crippen LogP contribution in [-0.2, 0) is 19.1 Å². The van der Waals surface area contributed by atoms with Crippen molar-refractivity contribution in [1.82, 2.24) is 0 Å². The third kappa shape index (κ3) is 15.5. The first-order chi connectivity index (χ1) is 12.5. The van der Waals surface area contributed by atoms with Crippen LogP contribution in [0.3, 0.4) is 0 Å². The Labute approximate surface area is 155 Å². The summed E-state index contributed by atoms with van der Waals surface area (Å²) in [5.41, 5.74) is 11.9. The Hall–Kier alpha value is -2.06. The first-order valence-corrected chi connectivity index (χ1v) is 9.04. The molecule has 0 aromatic carbocycles. The van der Waals surface area contributed by atoms with Gasteiger partial charge in [0, 0.05) is 23.6 Å². The summed E-state index contributed by atoms with van der Waals surface area (Å²) in [6, 6.07) is 0. The summed E-state index contributed by atoms with van der Waals surface area (Å²) in [4.78, 5) is 22.9. The highest BCUT2D eigenvalue weighted by molar-refractivity contribution is 5.91. The number of hydrogen-bond acceptors (Lipinski definition) is 8. The van der Waals surface area contributed by atoms with Crippen molar-refractivity contribution in [3.63, 3.8) is 0 Å². The van der Waals surface area contributed by atoms with Gasteiger partial charge in [-0.3, -0.25) is 0 Å². The minimum atomic E-state index is -0.612. The van der Waals surface area contributed by atoms with E-state index < -0.39 is 11.9 Å². The number of esters is 2. The molecule has 0 rings (SSSR count). The minimum absolute atomic E-state index is 0.203. The first-order valence-electron chi connectivity index (χ1n) is 9.04. The van der Waals surface area contributed by atoms with Gasteiger partial charge >= 0.3 is 11.9 Å². The molecular formula is C18H32N4O4. The van der Waals surface area contributed by atoms with Crippen molar-refractivity contribution in [2.24, 2.45) is 11.5 Å². The van der Waals surface area contributed by atoms with Crippen molar-refractivity contribution in [3.05, 3.63) is 12.2 Å². The maximum atomic E-state index is 11.5. The Morgan fingerprint density at radius 2 is 1.04 bits per heavy atom. The van der Waals surface area contributed by atoms with Crippen LogP contribution in [0.2, 0.25) is 0 Å². The van der Waals surface area contributed by atoms with E-state index in [4.69, 9.17) is 31.8 Å². The Balaban J connectivity index is 3.71. The van der Waals surface area contributed by atoms with E-state index >= 15 is 0 Å². The fourth-order valence-corrected chi connectivity index (χ4v) is 2.03. The first kappa shape index (κ1) is 23.9. The monoisotopic (exact) mass is 368 g/mol. The fourth-order valence-electron chi connectivity index (χ4n) is 2.03. The van der Waals surface area contributed by atoms with Crippen molar-refractivity contribution in [1.29, 1.82) is 10.8 Å². The highest BCUT2D eigenvalue weighted by atomic mass is 16.5. The molecule has 6 N–H and O–H groups in total. The van der Waals surface area contributed by atoms with Crippen molar-refractivity contribution >= 4 is 23.4 Å². The molecule has 0 radical (unpaired) electrons. The van der Waals surface area contributed by atoms with Crippen LogP contribution in [-0.4, -0.2) is 49.7 Å². The number of carbonyl (C=O) groups excluding carboxylic acids is 2. The molecule has 0 heterocycles. The maximum Gasteiger partial charge on any atom is 0.331 e. The van der Waals surface area contributed by atoms with Crippen LogP contribution in [0, 0.1) is 10.8 Å². The van der Waals surface area contributed by atoms with Crippen LogP contribution in [0.15, 0.2) is 12.2 Å². The summed E-state index contributed by atoms with van der Waals surface area (Å²) in [6.45, 7) is 1.53. The number of ether oxygens (including phenoxy) is 2. The van der Waals surface area contributed by atoms with Crippen LogP contribution >= 0.6 is 0 Å². The quantitative estimate of drug-likeness (QED) is 0.141. The van der Waals surface area contributed by atoms with Gasteiger partial charge in [0.2, 0.25) is 0 Å². The summed E-state index contributed by atoms with van der Waals surface area (Å²) in [7, 11) is 0. The predicted molar refractivity (Wildman–Crippen MR) is 102 cm³/mol. The van der Waals surface area contributed by atoms with Gasteiger partial charge in [0.25, 0.3) is 0 Å². The normalized spacial score (nSPS) is 10.7. The molecule has 8 nitrogen and oxygen atoms in total. The summed E-state index contributed by atoms with van der Waals surface area (Å²) in [6.07, 6.45) is 7.27. The van der Waals surface area contributed by atoms with E-state index in [1.54, 1.807) is 0 Å². The molecule has 0 aliphatic carbocycles. The zero-order valence-corrected chi connectivity index (χ0v) is 15.4. The standard InChI is InChI=1S/C18H32N4O4/c19-11-1-5-15(21)7-3-13-25-17(23)9-10-18(24)26-14-4-8-16(22)6-2-12-20/h9-10,21-22H,1-8,11-14,19-20H2/b10-9+,21-15?,22-16?. The Kier molecular flexibility index (Phi) is 15.1. The van der Waals surface area contributed by atoms with Gasteiger partial charge in [-0.15, -0.1) is 0 Å². The van der Waals surface area contributed by atoms with Crippen molar-refractivity contribution < 1.29 is 19.1 Å². The number of nitrogens with two attached hydrogens (primary N) is 2. The van der Waals surface area contributed by atoms with E-state index in [0.29, 0.717) is 63.0 Å². The molecule has 0 aromatic heterocycles. The van der Waals surface area contributed by atoms with Gasteiger partial charge in [0.15, 0.2) is 0 Å². The van der Waals surface area contributed by atoms with E-state index in [-0.39, 0.29) is 13.2 Å². The molecule has 0 spiro atoms. The molecular weight excluding hydrogens is 336 g/mol. The zero-order chi connectivity index (χ0) is 19.6. The second-order valence-electron chi connectivity index (χ2n) is 5.87. The van der Waals surface area contributed by atoms with Gasteiger partial charge in [-0.25, -0.2) is 9.59 Å². The highest BCUT2D eigenvalue weighted by Gasteiger charge is 2.03. The summed E-state index contributed by atoms with van der Waals surface area (Å²) >= 11 is 0. The summed E-state index contributed by atoms with van der Waals surface area (Å²) < 4.78 is 9.90. The van der Waals surface area contributed by atoms with E-state index in [1.807, 2.05) is 0 Å². The maximum absolute atomic E-state index is 11.5. The number of hydrogen-bond donors (Lipinski definition) is 4. The Morgan fingerprint density at radius 1 is 0.692 bits per heavy atom. The SMILES string of the molecule is N=C(CCCN)CCCOC(=O)/C=C/C(=O)OCCCC(=N)CCCN. The molecule has 0 saturated carbocycles. The lowest BCUT2D eigenvalue weighted by atomic mass is 10.1. The average Bonchev–Trinajstić information content (AvgIpc) is 2.63. The number of carbonyl (C=O) groups is 2. The molecule has 0 atom stereocenters. The largest absolute Gasteiger partial charge is 0.463 e. The van der Waals surface area contributed by atoms with Crippen molar-refractivity contribution in [2.75, 3.05) is 26.3 Å².